The second-order valence-electron chi connectivity index (χ2n) is 3.47. The standard InChI is InChI=1S/C10H9F3O2/c11-10(12,13)9(4-5-15-9)7-2-1-3-8(14)6-7/h1-3,6,14H,4-5H2. The smallest absolute Gasteiger partial charge is 0.421 e. The number of benzene rings is 1. The van der Waals surface area contributed by atoms with Gasteiger partial charge in [0, 0.05) is 6.42 Å². The number of hydrogen-bond donors (Lipinski definition) is 1. The summed E-state index contributed by atoms with van der Waals surface area (Å²) in [6, 6.07) is 5.10. The van der Waals surface area contributed by atoms with Crippen LogP contribution in [0.4, 0.5) is 13.2 Å². The zero-order valence-electron chi connectivity index (χ0n) is 7.71. The summed E-state index contributed by atoms with van der Waals surface area (Å²) in [5.74, 6) is -0.188. The van der Waals surface area contributed by atoms with E-state index in [1.165, 1.54) is 18.2 Å². The van der Waals surface area contributed by atoms with Crippen molar-refractivity contribution in [3.63, 3.8) is 0 Å². The number of alkyl halides is 3. The molecule has 1 aromatic rings. The number of aromatic hydroxyl groups is 1. The first-order valence-electron chi connectivity index (χ1n) is 4.46. The number of hydrogen-bond acceptors (Lipinski definition) is 2. The van der Waals surface area contributed by atoms with Crippen molar-refractivity contribution < 1.29 is 23.0 Å². The molecular formula is C10H9F3O2. The van der Waals surface area contributed by atoms with Gasteiger partial charge in [0.05, 0.1) is 6.61 Å². The number of rotatable bonds is 1. The molecular weight excluding hydrogens is 209 g/mol. The molecule has 1 atom stereocenters. The Labute approximate surface area is 84.3 Å². The fraction of sp³-hybridized carbons (Fsp3) is 0.400. The summed E-state index contributed by atoms with van der Waals surface area (Å²) in [4.78, 5) is 0. The Balaban J connectivity index is 2.43. The molecule has 2 rings (SSSR count). The molecule has 1 fully saturated rings. The molecule has 1 aromatic carbocycles. The highest BCUT2D eigenvalue weighted by Crippen LogP contribution is 2.50. The molecule has 0 radical (unpaired) electrons. The van der Waals surface area contributed by atoms with Gasteiger partial charge in [-0.15, -0.1) is 0 Å². The first-order chi connectivity index (χ1) is 6.96. The van der Waals surface area contributed by atoms with Crippen LogP contribution in [0.25, 0.3) is 0 Å². The van der Waals surface area contributed by atoms with Gasteiger partial charge in [0.1, 0.15) is 5.75 Å². The van der Waals surface area contributed by atoms with E-state index in [1.54, 1.807) is 0 Å². The third-order valence-corrected chi connectivity index (χ3v) is 2.57. The van der Waals surface area contributed by atoms with Crippen molar-refractivity contribution in [3.8, 4) is 5.75 Å². The topological polar surface area (TPSA) is 29.5 Å². The first-order valence-corrected chi connectivity index (χ1v) is 4.46. The van der Waals surface area contributed by atoms with E-state index in [4.69, 9.17) is 5.11 Å². The average Bonchev–Trinajstić information content (AvgIpc) is 1.98. The lowest BCUT2D eigenvalue weighted by atomic mass is 9.85. The molecule has 1 aliphatic heterocycles. The van der Waals surface area contributed by atoms with E-state index in [2.05, 4.69) is 4.74 Å². The van der Waals surface area contributed by atoms with Gasteiger partial charge >= 0.3 is 6.18 Å². The van der Waals surface area contributed by atoms with Crippen molar-refractivity contribution in [2.45, 2.75) is 18.2 Å². The molecule has 1 heterocycles. The molecule has 82 valence electrons. The Hall–Kier alpha value is -1.23. The summed E-state index contributed by atoms with van der Waals surface area (Å²) in [7, 11) is 0. The summed E-state index contributed by atoms with van der Waals surface area (Å²) < 4.78 is 43.0. The molecule has 1 N–H and O–H groups in total. The minimum Gasteiger partial charge on any atom is -0.508 e. The van der Waals surface area contributed by atoms with Gasteiger partial charge < -0.3 is 9.84 Å². The zero-order chi connectivity index (χ0) is 11.1. The second kappa shape index (κ2) is 3.13. The van der Waals surface area contributed by atoms with Crippen LogP contribution in [0, 0.1) is 0 Å². The Kier molecular flexibility index (Phi) is 2.15. The fourth-order valence-corrected chi connectivity index (χ4v) is 1.68. The van der Waals surface area contributed by atoms with Crippen molar-refractivity contribution in [1.82, 2.24) is 0 Å². The monoisotopic (exact) mass is 218 g/mol. The van der Waals surface area contributed by atoms with Gasteiger partial charge in [0.2, 0.25) is 0 Å². The molecule has 0 aliphatic carbocycles. The van der Waals surface area contributed by atoms with Crippen molar-refractivity contribution in [1.29, 1.82) is 0 Å². The van der Waals surface area contributed by atoms with Crippen LogP contribution in [0.5, 0.6) is 5.75 Å². The quantitative estimate of drug-likeness (QED) is 0.784. The van der Waals surface area contributed by atoms with E-state index in [1.807, 2.05) is 0 Å². The summed E-state index contributed by atoms with van der Waals surface area (Å²) in [6.45, 7) is 0.0924. The van der Waals surface area contributed by atoms with Crippen molar-refractivity contribution >= 4 is 0 Å². The van der Waals surface area contributed by atoms with Gasteiger partial charge in [-0.2, -0.15) is 13.2 Å². The van der Waals surface area contributed by atoms with Gasteiger partial charge in [0.15, 0.2) is 5.60 Å². The van der Waals surface area contributed by atoms with Gasteiger partial charge in [-0.3, -0.25) is 0 Å². The van der Waals surface area contributed by atoms with Crippen LogP contribution in [-0.2, 0) is 10.3 Å². The maximum Gasteiger partial charge on any atom is 0.421 e. The Morgan fingerprint density at radius 2 is 2.00 bits per heavy atom. The predicted octanol–water partition coefficient (Wildman–Crippen LogP) is 2.57. The second-order valence-corrected chi connectivity index (χ2v) is 3.47. The lowest BCUT2D eigenvalue weighted by Crippen LogP contribution is -2.52. The van der Waals surface area contributed by atoms with Crippen LogP contribution >= 0.6 is 0 Å². The molecule has 5 heteroatoms. The van der Waals surface area contributed by atoms with Crippen LogP contribution in [-0.4, -0.2) is 17.9 Å². The molecule has 2 nitrogen and oxygen atoms in total. The molecule has 1 aliphatic rings. The van der Waals surface area contributed by atoms with E-state index in [0.29, 0.717) is 0 Å². The summed E-state index contributed by atoms with van der Waals surface area (Å²) in [6.07, 6.45) is -4.54. The lowest BCUT2D eigenvalue weighted by molar-refractivity contribution is -0.333. The predicted molar refractivity (Wildman–Crippen MR) is 46.4 cm³/mol. The Morgan fingerprint density at radius 3 is 2.40 bits per heavy atom. The molecule has 1 unspecified atom stereocenters. The minimum atomic E-state index is -4.45. The van der Waals surface area contributed by atoms with Gasteiger partial charge in [-0.1, -0.05) is 12.1 Å². The van der Waals surface area contributed by atoms with Gasteiger partial charge in [-0.25, -0.2) is 0 Å². The highest BCUT2D eigenvalue weighted by atomic mass is 19.4. The third-order valence-electron chi connectivity index (χ3n) is 2.57. The summed E-state index contributed by atoms with van der Waals surface area (Å²) >= 11 is 0. The highest BCUT2D eigenvalue weighted by Gasteiger charge is 2.61. The number of ether oxygens (including phenoxy) is 1. The molecule has 0 spiro atoms. The Bertz CT molecular complexity index is 369. The molecule has 0 amide bonds. The van der Waals surface area contributed by atoms with Crippen molar-refractivity contribution in [2.24, 2.45) is 0 Å². The summed E-state index contributed by atoms with van der Waals surface area (Å²) in [5, 5.41) is 9.14. The first kappa shape index (κ1) is 10.3. The largest absolute Gasteiger partial charge is 0.508 e. The lowest BCUT2D eigenvalue weighted by Gasteiger charge is -2.43. The number of halogens is 3. The van der Waals surface area contributed by atoms with Gasteiger partial charge in [0.25, 0.3) is 0 Å². The van der Waals surface area contributed by atoms with Crippen molar-refractivity contribution in [2.75, 3.05) is 6.61 Å². The van der Waals surface area contributed by atoms with Gasteiger partial charge in [-0.05, 0) is 17.7 Å². The highest BCUT2D eigenvalue weighted by molar-refractivity contribution is 5.33. The van der Waals surface area contributed by atoms with E-state index >= 15 is 0 Å². The van der Waals surface area contributed by atoms with E-state index in [0.717, 1.165) is 6.07 Å². The van der Waals surface area contributed by atoms with Crippen LogP contribution in [0.1, 0.15) is 12.0 Å². The van der Waals surface area contributed by atoms with E-state index in [9.17, 15) is 13.2 Å². The minimum absolute atomic E-state index is 0.0405. The van der Waals surface area contributed by atoms with Crippen LogP contribution in [0.3, 0.4) is 0 Å². The fourth-order valence-electron chi connectivity index (χ4n) is 1.68. The third kappa shape index (κ3) is 1.47. The Morgan fingerprint density at radius 1 is 1.33 bits per heavy atom. The average molecular weight is 218 g/mol. The van der Waals surface area contributed by atoms with Crippen LogP contribution in [0.2, 0.25) is 0 Å². The maximum atomic E-state index is 12.8. The van der Waals surface area contributed by atoms with Crippen LogP contribution in [0.15, 0.2) is 24.3 Å². The number of phenolic OH excluding ortho intramolecular Hbond substituents is 1. The molecule has 0 saturated carbocycles. The van der Waals surface area contributed by atoms with E-state index in [-0.39, 0.29) is 24.3 Å². The zero-order valence-corrected chi connectivity index (χ0v) is 7.71. The van der Waals surface area contributed by atoms with E-state index < -0.39 is 11.8 Å². The molecule has 0 aromatic heterocycles. The van der Waals surface area contributed by atoms with Crippen molar-refractivity contribution in [3.05, 3.63) is 29.8 Å². The molecule has 0 bridgehead atoms. The normalized spacial score (nSPS) is 26.1. The van der Waals surface area contributed by atoms with Crippen LogP contribution < -0.4 is 0 Å². The summed E-state index contributed by atoms with van der Waals surface area (Å²) in [5.41, 5.74) is -2.26. The molecule has 1 saturated heterocycles. The number of phenols is 1. The maximum absolute atomic E-state index is 12.8. The SMILES string of the molecule is Oc1cccc(C2(C(F)(F)F)CCO2)c1. The molecule has 15 heavy (non-hydrogen) atoms.